The van der Waals surface area contributed by atoms with Crippen molar-refractivity contribution >= 4 is 12.0 Å². The van der Waals surface area contributed by atoms with Crippen molar-refractivity contribution in [3.8, 4) is 0 Å². The van der Waals surface area contributed by atoms with Gasteiger partial charge in [0.2, 0.25) is 5.91 Å². The van der Waals surface area contributed by atoms with E-state index in [1.54, 1.807) is 25.7 Å². The molecule has 0 aromatic heterocycles. The van der Waals surface area contributed by atoms with E-state index in [0.717, 1.165) is 6.42 Å². The number of alkyl carbamates (subject to hydrolysis) is 1. The third-order valence-electron chi connectivity index (χ3n) is 3.04. The average molecular weight is 286 g/mol. The molecule has 6 heteroatoms. The highest BCUT2D eigenvalue weighted by Gasteiger charge is 2.31. The van der Waals surface area contributed by atoms with Crippen molar-refractivity contribution in [3.63, 3.8) is 0 Å². The number of likely N-dealkylation sites (tertiary alicyclic amines) is 1. The highest BCUT2D eigenvalue weighted by Crippen LogP contribution is 2.13. The number of ether oxygens (including phenoxy) is 1. The van der Waals surface area contributed by atoms with Gasteiger partial charge in [0.15, 0.2) is 0 Å². The van der Waals surface area contributed by atoms with E-state index in [4.69, 9.17) is 4.74 Å². The Bertz CT molecular complexity index is 352. The van der Waals surface area contributed by atoms with Crippen LogP contribution in [0.2, 0.25) is 0 Å². The number of hydrogen-bond donors (Lipinski definition) is 2. The molecule has 0 aromatic carbocycles. The molecule has 1 saturated heterocycles. The quantitative estimate of drug-likeness (QED) is 0.816. The van der Waals surface area contributed by atoms with E-state index in [-0.39, 0.29) is 5.91 Å². The van der Waals surface area contributed by atoms with Crippen LogP contribution < -0.4 is 5.32 Å². The summed E-state index contributed by atoms with van der Waals surface area (Å²) in [5.74, 6) is -0.144. The highest BCUT2D eigenvalue weighted by atomic mass is 16.6. The summed E-state index contributed by atoms with van der Waals surface area (Å²) in [7, 11) is 0. The van der Waals surface area contributed by atoms with Gasteiger partial charge in [-0.05, 0) is 33.6 Å². The number of aliphatic hydroxyl groups is 1. The minimum absolute atomic E-state index is 0.144. The van der Waals surface area contributed by atoms with Crippen LogP contribution in [0.4, 0.5) is 4.79 Å². The molecule has 2 amide bonds. The number of nitrogens with zero attached hydrogens (tertiary/aromatic N) is 1. The SMILES string of the molecule is CCC[C@H](NC(=O)OC(C)(C)C)C(=O)N1CC[C@H](O)C1. The van der Waals surface area contributed by atoms with Gasteiger partial charge >= 0.3 is 6.09 Å². The van der Waals surface area contributed by atoms with Crippen molar-refractivity contribution in [1.82, 2.24) is 10.2 Å². The summed E-state index contributed by atoms with van der Waals surface area (Å²) in [6.45, 7) is 8.17. The lowest BCUT2D eigenvalue weighted by molar-refractivity contribution is -0.133. The molecule has 0 spiro atoms. The Morgan fingerprint density at radius 3 is 2.55 bits per heavy atom. The predicted octanol–water partition coefficient (Wildman–Crippen LogP) is 1.27. The first kappa shape index (κ1) is 16.8. The van der Waals surface area contributed by atoms with Crippen LogP contribution in [0.15, 0.2) is 0 Å². The zero-order valence-corrected chi connectivity index (χ0v) is 12.8. The maximum absolute atomic E-state index is 12.3. The molecule has 1 aliphatic heterocycles. The van der Waals surface area contributed by atoms with E-state index >= 15 is 0 Å². The molecular weight excluding hydrogens is 260 g/mol. The van der Waals surface area contributed by atoms with Gasteiger partial charge in [-0.1, -0.05) is 13.3 Å². The Hall–Kier alpha value is -1.30. The van der Waals surface area contributed by atoms with Crippen molar-refractivity contribution < 1.29 is 19.4 Å². The lowest BCUT2D eigenvalue weighted by Crippen LogP contribution is -2.49. The largest absolute Gasteiger partial charge is 0.444 e. The van der Waals surface area contributed by atoms with Crippen molar-refractivity contribution in [2.45, 2.75) is 64.7 Å². The smallest absolute Gasteiger partial charge is 0.408 e. The third kappa shape index (κ3) is 5.36. The van der Waals surface area contributed by atoms with Gasteiger partial charge in [0.25, 0.3) is 0 Å². The monoisotopic (exact) mass is 286 g/mol. The van der Waals surface area contributed by atoms with Crippen LogP contribution in [0.25, 0.3) is 0 Å². The molecule has 0 saturated carbocycles. The molecule has 20 heavy (non-hydrogen) atoms. The van der Waals surface area contributed by atoms with Gasteiger partial charge in [-0.15, -0.1) is 0 Å². The van der Waals surface area contributed by atoms with Crippen LogP contribution in [0.1, 0.15) is 47.0 Å². The molecule has 0 aromatic rings. The fraction of sp³-hybridized carbons (Fsp3) is 0.857. The van der Waals surface area contributed by atoms with Gasteiger partial charge in [-0.2, -0.15) is 0 Å². The second-order valence-corrected chi connectivity index (χ2v) is 6.21. The van der Waals surface area contributed by atoms with E-state index in [9.17, 15) is 14.7 Å². The van der Waals surface area contributed by atoms with Crippen LogP contribution >= 0.6 is 0 Å². The van der Waals surface area contributed by atoms with Crippen LogP contribution in [0, 0.1) is 0 Å². The van der Waals surface area contributed by atoms with Crippen molar-refractivity contribution in [2.75, 3.05) is 13.1 Å². The molecule has 0 unspecified atom stereocenters. The van der Waals surface area contributed by atoms with Crippen LogP contribution in [-0.2, 0) is 9.53 Å². The molecule has 2 N–H and O–H groups in total. The number of aliphatic hydroxyl groups excluding tert-OH is 1. The number of amides is 2. The molecule has 0 bridgehead atoms. The fourth-order valence-corrected chi connectivity index (χ4v) is 2.16. The molecule has 1 fully saturated rings. The van der Waals surface area contributed by atoms with Gasteiger partial charge in [0.05, 0.1) is 6.10 Å². The minimum atomic E-state index is -0.590. The Balaban J connectivity index is 2.59. The van der Waals surface area contributed by atoms with Crippen molar-refractivity contribution in [3.05, 3.63) is 0 Å². The number of hydrogen-bond acceptors (Lipinski definition) is 4. The number of rotatable bonds is 4. The first-order valence-electron chi connectivity index (χ1n) is 7.19. The molecule has 0 radical (unpaired) electrons. The summed E-state index contributed by atoms with van der Waals surface area (Å²) in [5, 5.41) is 12.1. The summed E-state index contributed by atoms with van der Waals surface area (Å²) in [6.07, 6.45) is 0.899. The topological polar surface area (TPSA) is 78.9 Å². The average Bonchev–Trinajstić information content (AvgIpc) is 2.72. The minimum Gasteiger partial charge on any atom is -0.444 e. The summed E-state index contributed by atoms with van der Waals surface area (Å²) < 4.78 is 5.18. The third-order valence-corrected chi connectivity index (χ3v) is 3.04. The van der Waals surface area contributed by atoms with Gasteiger partial charge < -0.3 is 20.1 Å². The molecule has 1 heterocycles. The van der Waals surface area contributed by atoms with E-state index in [0.29, 0.717) is 25.9 Å². The van der Waals surface area contributed by atoms with Crippen molar-refractivity contribution in [1.29, 1.82) is 0 Å². The summed E-state index contributed by atoms with van der Waals surface area (Å²) >= 11 is 0. The molecule has 1 aliphatic rings. The number of carbonyl (C=O) groups excluding carboxylic acids is 2. The molecule has 0 aliphatic carbocycles. The second kappa shape index (κ2) is 6.92. The lowest BCUT2D eigenvalue weighted by Gasteiger charge is -2.26. The van der Waals surface area contributed by atoms with Gasteiger partial charge in [0.1, 0.15) is 11.6 Å². The molecule has 1 rings (SSSR count). The standard InChI is InChI=1S/C14H26N2O4/c1-5-6-11(15-13(19)20-14(2,3)4)12(18)16-8-7-10(17)9-16/h10-11,17H,5-9H2,1-4H3,(H,15,19)/t10-,11-/m0/s1. The zero-order valence-electron chi connectivity index (χ0n) is 12.8. The molecule has 2 atom stereocenters. The number of nitrogens with one attached hydrogen (secondary N) is 1. The first-order chi connectivity index (χ1) is 9.23. The first-order valence-corrected chi connectivity index (χ1v) is 7.19. The van der Waals surface area contributed by atoms with Crippen LogP contribution in [0.5, 0.6) is 0 Å². The summed E-state index contributed by atoms with van der Waals surface area (Å²) in [5.41, 5.74) is -0.590. The Kier molecular flexibility index (Phi) is 5.80. The number of β-amino-alcohol motifs (C(OH)–C–C–N with tert-alkyl or cyclic N) is 1. The maximum atomic E-state index is 12.3. The zero-order chi connectivity index (χ0) is 15.3. The van der Waals surface area contributed by atoms with Gasteiger partial charge in [0, 0.05) is 13.1 Å². The van der Waals surface area contributed by atoms with E-state index in [2.05, 4.69) is 5.32 Å². The Morgan fingerprint density at radius 2 is 2.10 bits per heavy atom. The predicted molar refractivity (Wildman–Crippen MR) is 75.3 cm³/mol. The van der Waals surface area contributed by atoms with Crippen molar-refractivity contribution in [2.24, 2.45) is 0 Å². The maximum Gasteiger partial charge on any atom is 0.408 e. The molecule has 6 nitrogen and oxygen atoms in total. The van der Waals surface area contributed by atoms with Gasteiger partial charge in [-0.3, -0.25) is 4.79 Å². The highest BCUT2D eigenvalue weighted by molar-refractivity contribution is 5.86. The number of carbonyl (C=O) groups is 2. The fourth-order valence-electron chi connectivity index (χ4n) is 2.16. The normalized spacial score (nSPS) is 20.6. The molecule has 116 valence electrons. The van der Waals surface area contributed by atoms with E-state index in [1.165, 1.54) is 0 Å². The Labute approximate surface area is 120 Å². The summed E-state index contributed by atoms with van der Waals surface area (Å²) in [4.78, 5) is 25.7. The lowest BCUT2D eigenvalue weighted by atomic mass is 10.1. The van der Waals surface area contributed by atoms with Gasteiger partial charge in [-0.25, -0.2) is 4.79 Å². The Morgan fingerprint density at radius 1 is 1.45 bits per heavy atom. The van der Waals surface area contributed by atoms with E-state index in [1.807, 2.05) is 6.92 Å². The molecular formula is C14H26N2O4. The van der Waals surface area contributed by atoms with E-state index < -0.39 is 23.8 Å². The summed E-state index contributed by atoms with van der Waals surface area (Å²) in [6, 6.07) is -0.583. The second-order valence-electron chi connectivity index (χ2n) is 6.21. The van der Waals surface area contributed by atoms with Crippen LogP contribution in [0.3, 0.4) is 0 Å². The van der Waals surface area contributed by atoms with Crippen LogP contribution in [-0.4, -0.2) is 52.8 Å².